The second-order valence-electron chi connectivity index (χ2n) is 4.14. The number of likely N-dealkylation sites (N-methyl/N-ethyl adjacent to an activating group) is 1. The molecule has 0 spiro atoms. The van der Waals surface area contributed by atoms with Gasteiger partial charge in [0.25, 0.3) is 0 Å². The molecule has 1 N–H and O–H groups in total. The van der Waals surface area contributed by atoms with Gasteiger partial charge in [-0.25, -0.2) is 0 Å². The minimum atomic E-state index is 0.211. The molecule has 4 nitrogen and oxygen atoms in total. The molecule has 1 aromatic rings. The van der Waals surface area contributed by atoms with Gasteiger partial charge in [-0.1, -0.05) is 12.1 Å². The topological polar surface area (TPSA) is 39.7 Å². The average molecular weight is 253 g/mol. The highest BCUT2D eigenvalue weighted by Gasteiger charge is 2.06. The first-order valence-corrected chi connectivity index (χ1v) is 6.17. The van der Waals surface area contributed by atoms with Gasteiger partial charge in [0.1, 0.15) is 12.4 Å². The summed E-state index contributed by atoms with van der Waals surface area (Å²) in [6.07, 6.45) is 0.930. The highest BCUT2D eigenvalue weighted by molar-refractivity contribution is 5.27. The number of hydrogen-bond donors (Lipinski definition) is 1. The molecule has 0 heterocycles. The molecule has 0 amide bonds. The van der Waals surface area contributed by atoms with Gasteiger partial charge in [-0.15, -0.1) is 0 Å². The Kier molecular flexibility index (Phi) is 7.41. The Balaban J connectivity index is 2.38. The molecule has 0 bridgehead atoms. The van der Waals surface area contributed by atoms with Crippen LogP contribution in [0.5, 0.6) is 5.75 Å². The van der Waals surface area contributed by atoms with Gasteiger partial charge in [0.2, 0.25) is 0 Å². The largest absolute Gasteiger partial charge is 0.492 e. The van der Waals surface area contributed by atoms with Crippen LogP contribution in [-0.4, -0.2) is 47.1 Å². The first kappa shape index (κ1) is 15.0. The Morgan fingerprint density at radius 2 is 1.78 bits per heavy atom. The quantitative estimate of drug-likeness (QED) is 0.724. The monoisotopic (exact) mass is 253 g/mol. The molecule has 0 aliphatic carbocycles. The molecule has 1 unspecified atom stereocenters. The molecule has 0 fully saturated rings. The number of ether oxygens (including phenoxy) is 3. The highest BCUT2D eigenvalue weighted by atomic mass is 16.5. The minimum absolute atomic E-state index is 0.211. The number of benzene rings is 1. The second kappa shape index (κ2) is 8.91. The molecule has 0 saturated carbocycles. The molecule has 0 aliphatic rings. The molecule has 1 atom stereocenters. The Morgan fingerprint density at radius 3 is 2.33 bits per heavy atom. The number of nitrogens with one attached hydrogen (secondary N) is 1. The van der Waals surface area contributed by atoms with E-state index in [0.717, 1.165) is 18.8 Å². The van der Waals surface area contributed by atoms with Crippen molar-refractivity contribution in [3.8, 4) is 5.75 Å². The van der Waals surface area contributed by atoms with Gasteiger partial charge in [-0.3, -0.25) is 0 Å². The summed E-state index contributed by atoms with van der Waals surface area (Å²) in [5, 5.41) is 3.15. The Hall–Kier alpha value is -1.10. The smallest absolute Gasteiger partial charge is 0.119 e. The zero-order chi connectivity index (χ0) is 13.2. The van der Waals surface area contributed by atoms with Crippen LogP contribution in [0.3, 0.4) is 0 Å². The van der Waals surface area contributed by atoms with E-state index in [4.69, 9.17) is 14.2 Å². The number of hydrogen-bond acceptors (Lipinski definition) is 4. The summed E-state index contributed by atoms with van der Waals surface area (Å²) in [5.41, 5.74) is 1.26. The van der Waals surface area contributed by atoms with E-state index in [0.29, 0.717) is 13.2 Å². The van der Waals surface area contributed by atoms with Crippen LogP contribution >= 0.6 is 0 Å². The normalized spacial score (nSPS) is 12.4. The van der Waals surface area contributed by atoms with E-state index < -0.39 is 0 Å². The number of rotatable bonds is 9. The van der Waals surface area contributed by atoms with Gasteiger partial charge in [0.15, 0.2) is 0 Å². The van der Waals surface area contributed by atoms with Crippen molar-refractivity contribution in [1.82, 2.24) is 5.32 Å². The van der Waals surface area contributed by atoms with Crippen LogP contribution in [0.4, 0.5) is 0 Å². The molecule has 0 saturated heterocycles. The molecular weight excluding hydrogens is 230 g/mol. The van der Waals surface area contributed by atoms with Crippen molar-refractivity contribution >= 4 is 0 Å². The van der Waals surface area contributed by atoms with Crippen molar-refractivity contribution in [1.29, 1.82) is 0 Å². The zero-order valence-electron chi connectivity index (χ0n) is 11.4. The van der Waals surface area contributed by atoms with Gasteiger partial charge < -0.3 is 19.5 Å². The van der Waals surface area contributed by atoms with Gasteiger partial charge in [-0.2, -0.15) is 0 Å². The summed E-state index contributed by atoms with van der Waals surface area (Å²) >= 11 is 0. The van der Waals surface area contributed by atoms with E-state index in [1.807, 2.05) is 19.2 Å². The molecule has 1 rings (SSSR count). The predicted molar refractivity (Wildman–Crippen MR) is 72.2 cm³/mol. The first-order valence-electron chi connectivity index (χ1n) is 6.17. The third kappa shape index (κ3) is 5.49. The van der Waals surface area contributed by atoms with Gasteiger partial charge >= 0.3 is 0 Å². The molecule has 0 radical (unpaired) electrons. The second-order valence-corrected chi connectivity index (χ2v) is 4.14. The predicted octanol–water partition coefficient (Wildman–Crippen LogP) is 1.49. The van der Waals surface area contributed by atoms with E-state index in [1.165, 1.54) is 5.56 Å². The van der Waals surface area contributed by atoms with E-state index in [9.17, 15) is 0 Å². The fraction of sp³-hybridized carbons (Fsp3) is 0.571. The van der Waals surface area contributed by atoms with Crippen LogP contribution in [0.15, 0.2) is 24.3 Å². The zero-order valence-corrected chi connectivity index (χ0v) is 11.4. The van der Waals surface area contributed by atoms with Crippen molar-refractivity contribution in [2.45, 2.75) is 12.5 Å². The van der Waals surface area contributed by atoms with Crippen molar-refractivity contribution < 1.29 is 14.2 Å². The average Bonchev–Trinajstić information content (AvgIpc) is 2.42. The summed E-state index contributed by atoms with van der Waals surface area (Å²) in [6, 6.07) is 8.33. The summed E-state index contributed by atoms with van der Waals surface area (Å²) in [7, 11) is 5.31. The van der Waals surface area contributed by atoms with Crippen molar-refractivity contribution in [3.05, 3.63) is 29.8 Å². The minimum Gasteiger partial charge on any atom is -0.492 e. The lowest BCUT2D eigenvalue weighted by atomic mass is 10.1. The summed E-state index contributed by atoms with van der Waals surface area (Å²) < 4.78 is 15.8. The van der Waals surface area contributed by atoms with E-state index >= 15 is 0 Å². The standard InChI is InChI=1S/C14H23NO3/c1-15-13(10-17-3)11-18-14-6-4-12(5-7-14)8-9-16-2/h4-7,13,15H,8-11H2,1-3H3. The Labute approximate surface area is 109 Å². The van der Waals surface area contributed by atoms with Crippen molar-refractivity contribution in [2.24, 2.45) is 0 Å². The van der Waals surface area contributed by atoms with Gasteiger partial charge in [0.05, 0.1) is 19.3 Å². The van der Waals surface area contributed by atoms with E-state index in [2.05, 4.69) is 17.4 Å². The van der Waals surface area contributed by atoms with Gasteiger partial charge in [0, 0.05) is 14.2 Å². The Morgan fingerprint density at radius 1 is 1.06 bits per heavy atom. The molecule has 1 aromatic carbocycles. The molecule has 0 aromatic heterocycles. The Bertz CT molecular complexity index is 313. The van der Waals surface area contributed by atoms with E-state index in [1.54, 1.807) is 14.2 Å². The van der Waals surface area contributed by atoms with Crippen LogP contribution in [-0.2, 0) is 15.9 Å². The van der Waals surface area contributed by atoms with Gasteiger partial charge in [-0.05, 0) is 31.2 Å². The maximum absolute atomic E-state index is 5.70. The lowest BCUT2D eigenvalue weighted by molar-refractivity contribution is 0.140. The molecule has 0 aliphatic heterocycles. The first-order chi connectivity index (χ1) is 8.80. The van der Waals surface area contributed by atoms with Crippen LogP contribution in [0.2, 0.25) is 0 Å². The van der Waals surface area contributed by atoms with E-state index in [-0.39, 0.29) is 6.04 Å². The highest BCUT2D eigenvalue weighted by Crippen LogP contribution is 2.12. The summed E-state index contributed by atoms with van der Waals surface area (Å²) in [5.74, 6) is 0.882. The van der Waals surface area contributed by atoms with Crippen molar-refractivity contribution in [2.75, 3.05) is 41.1 Å². The lowest BCUT2D eigenvalue weighted by Gasteiger charge is -2.16. The lowest BCUT2D eigenvalue weighted by Crippen LogP contribution is -2.35. The molecular formula is C14H23NO3. The maximum atomic E-state index is 5.70. The van der Waals surface area contributed by atoms with Crippen LogP contribution in [0.1, 0.15) is 5.56 Å². The maximum Gasteiger partial charge on any atom is 0.119 e. The number of methoxy groups -OCH3 is 2. The molecule has 4 heteroatoms. The fourth-order valence-electron chi connectivity index (χ4n) is 1.59. The van der Waals surface area contributed by atoms with Crippen LogP contribution < -0.4 is 10.1 Å². The van der Waals surface area contributed by atoms with Crippen LogP contribution in [0.25, 0.3) is 0 Å². The third-order valence-corrected chi connectivity index (χ3v) is 2.75. The van der Waals surface area contributed by atoms with Crippen molar-refractivity contribution in [3.63, 3.8) is 0 Å². The third-order valence-electron chi connectivity index (χ3n) is 2.75. The summed E-state index contributed by atoms with van der Waals surface area (Å²) in [6.45, 7) is 1.99. The molecule has 102 valence electrons. The SMILES string of the molecule is CNC(COC)COc1ccc(CCOC)cc1. The van der Waals surface area contributed by atoms with Crippen LogP contribution in [0, 0.1) is 0 Å². The fourth-order valence-corrected chi connectivity index (χ4v) is 1.59. The summed E-state index contributed by atoms with van der Waals surface area (Å²) in [4.78, 5) is 0. The molecule has 18 heavy (non-hydrogen) atoms.